The summed E-state index contributed by atoms with van der Waals surface area (Å²) >= 11 is 4.90. The zero-order valence-electron chi connectivity index (χ0n) is 8.76. The molecule has 86 valence electrons. The molecule has 17 heavy (non-hydrogen) atoms. The number of amides is 1. The van der Waals surface area contributed by atoms with Gasteiger partial charge in [-0.2, -0.15) is 16.4 Å². The van der Waals surface area contributed by atoms with Gasteiger partial charge in [0.1, 0.15) is 0 Å². The Labute approximate surface area is 111 Å². The summed E-state index contributed by atoms with van der Waals surface area (Å²) in [5, 5.41) is 7.80. The number of benzene rings is 1. The molecule has 0 saturated heterocycles. The van der Waals surface area contributed by atoms with E-state index in [1.54, 1.807) is 29.7 Å². The number of hydrogen-bond donors (Lipinski definition) is 1. The van der Waals surface area contributed by atoms with Crippen LogP contribution in [0.25, 0.3) is 0 Å². The van der Waals surface area contributed by atoms with E-state index in [2.05, 4.69) is 26.5 Å². The molecule has 0 radical (unpaired) electrons. The van der Waals surface area contributed by atoms with Crippen LogP contribution in [0.3, 0.4) is 0 Å². The van der Waals surface area contributed by atoms with Gasteiger partial charge in [-0.05, 0) is 35.0 Å². The van der Waals surface area contributed by atoms with Crippen molar-refractivity contribution in [3.63, 3.8) is 0 Å². The van der Waals surface area contributed by atoms with Crippen LogP contribution in [0.15, 0.2) is 50.7 Å². The second kappa shape index (κ2) is 5.75. The summed E-state index contributed by atoms with van der Waals surface area (Å²) in [4.78, 5) is 11.7. The maximum Gasteiger partial charge on any atom is 0.271 e. The number of thiophene rings is 1. The highest BCUT2D eigenvalue weighted by Crippen LogP contribution is 2.11. The maximum absolute atomic E-state index is 11.7. The van der Waals surface area contributed by atoms with E-state index in [-0.39, 0.29) is 5.91 Å². The topological polar surface area (TPSA) is 41.5 Å². The molecule has 1 heterocycles. The molecule has 0 unspecified atom stereocenters. The molecule has 5 heteroatoms. The predicted molar refractivity (Wildman–Crippen MR) is 73.5 cm³/mol. The fourth-order valence-electron chi connectivity index (χ4n) is 1.21. The number of carbonyl (C=O) groups is 1. The number of hydrazone groups is 1. The minimum absolute atomic E-state index is 0.224. The number of nitrogens with one attached hydrogen (secondary N) is 1. The fourth-order valence-corrected chi connectivity index (χ4v) is 2.22. The SMILES string of the molecule is O=C(N/N=C/c1ccsc1)c1cccc(Br)c1. The monoisotopic (exact) mass is 308 g/mol. The number of halogens is 1. The first-order valence-corrected chi connectivity index (χ1v) is 6.60. The van der Waals surface area contributed by atoms with Crippen LogP contribution >= 0.6 is 27.3 Å². The maximum atomic E-state index is 11.7. The van der Waals surface area contributed by atoms with Crippen LogP contribution in [0, 0.1) is 0 Å². The lowest BCUT2D eigenvalue weighted by molar-refractivity contribution is 0.0955. The molecule has 1 aromatic carbocycles. The average Bonchev–Trinajstić information content (AvgIpc) is 2.82. The fraction of sp³-hybridized carbons (Fsp3) is 0. The van der Waals surface area contributed by atoms with Gasteiger partial charge in [0.15, 0.2) is 0 Å². The summed E-state index contributed by atoms with van der Waals surface area (Å²) < 4.78 is 0.868. The summed E-state index contributed by atoms with van der Waals surface area (Å²) in [6.07, 6.45) is 1.62. The second-order valence-corrected chi connectivity index (χ2v) is 4.96. The zero-order chi connectivity index (χ0) is 12.1. The first-order chi connectivity index (χ1) is 8.25. The molecule has 0 spiro atoms. The largest absolute Gasteiger partial charge is 0.271 e. The Morgan fingerprint density at radius 2 is 2.29 bits per heavy atom. The van der Waals surface area contributed by atoms with Crippen molar-refractivity contribution in [1.29, 1.82) is 0 Å². The molecule has 0 aliphatic carbocycles. The molecule has 0 aliphatic heterocycles. The van der Waals surface area contributed by atoms with Gasteiger partial charge in [0, 0.05) is 15.6 Å². The summed E-state index contributed by atoms with van der Waals surface area (Å²) in [6, 6.07) is 9.09. The Morgan fingerprint density at radius 3 is 3.00 bits per heavy atom. The van der Waals surface area contributed by atoms with E-state index in [1.165, 1.54) is 0 Å². The molecule has 2 aromatic rings. The van der Waals surface area contributed by atoms with Gasteiger partial charge < -0.3 is 0 Å². The number of carbonyl (C=O) groups excluding carboxylic acids is 1. The molecule has 0 aliphatic rings. The van der Waals surface area contributed by atoms with Crippen LogP contribution in [-0.2, 0) is 0 Å². The molecule has 1 N–H and O–H groups in total. The normalized spacial score (nSPS) is 10.6. The van der Waals surface area contributed by atoms with Crippen LogP contribution in [0.4, 0.5) is 0 Å². The highest BCUT2D eigenvalue weighted by Gasteiger charge is 2.03. The van der Waals surface area contributed by atoms with E-state index in [0.717, 1.165) is 10.0 Å². The van der Waals surface area contributed by atoms with Crippen LogP contribution in [-0.4, -0.2) is 12.1 Å². The van der Waals surface area contributed by atoms with Crippen molar-refractivity contribution in [3.05, 3.63) is 56.7 Å². The third-order valence-electron chi connectivity index (χ3n) is 2.01. The number of nitrogens with zero attached hydrogens (tertiary/aromatic N) is 1. The third kappa shape index (κ3) is 3.51. The van der Waals surface area contributed by atoms with E-state index in [9.17, 15) is 4.79 Å². The van der Waals surface area contributed by atoms with Crippen molar-refractivity contribution in [2.45, 2.75) is 0 Å². The summed E-state index contributed by atoms with van der Waals surface area (Å²) in [6.45, 7) is 0. The van der Waals surface area contributed by atoms with Gasteiger partial charge in [0.25, 0.3) is 5.91 Å². The highest BCUT2D eigenvalue weighted by atomic mass is 79.9. The summed E-state index contributed by atoms with van der Waals surface area (Å²) in [5.74, 6) is -0.224. The molecular formula is C12H9BrN2OS. The van der Waals surface area contributed by atoms with E-state index in [4.69, 9.17) is 0 Å². The summed E-state index contributed by atoms with van der Waals surface area (Å²) in [7, 11) is 0. The van der Waals surface area contributed by atoms with Crippen molar-refractivity contribution >= 4 is 39.4 Å². The van der Waals surface area contributed by atoms with Gasteiger partial charge in [-0.15, -0.1) is 0 Å². The van der Waals surface area contributed by atoms with E-state index in [0.29, 0.717) is 5.56 Å². The van der Waals surface area contributed by atoms with Gasteiger partial charge in [-0.3, -0.25) is 4.79 Å². The van der Waals surface area contributed by atoms with Crippen LogP contribution in [0.1, 0.15) is 15.9 Å². The Hall–Kier alpha value is -1.46. The molecule has 2 rings (SSSR count). The lowest BCUT2D eigenvalue weighted by Crippen LogP contribution is -2.17. The molecular weight excluding hydrogens is 300 g/mol. The Morgan fingerprint density at radius 1 is 1.41 bits per heavy atom. The zero-order valence-corrected chi connectivity index (χ0v) is 11.2. The number of rotatable bonds is 3. The van der Waals surface area contributed by atoms with Crippen LogP contribution in [0.5, 0.6) is 0 Å². The Balaban J connectivity index is 1.98. The van der Waals surface area contributed by atoms with Crippen molar-refractivity contribution in [1.82, 2.24) is 5.43 Å². The minimum atomic E-state index is -0.224. The van der Waals surface area contributed by atoms with Crippen molar-refractivity contribution < 1.29 is 4.79 Å². The van der Waals surface area contributed by atoms with E-state index < -0.39 is 0 Å². The third-order valence-corrected chi connectivity index (χ3v) is 3.20. The first-order valence-electron chi connectivity index (χ1n) is 4.87. The minimum Gasteiger partial charge on any atom is -0.267 e. The molecule has 0 fully saturated rings. The lowest BCUT2D eigenvalue weighted by Gasteiger charge is -1.99. The molecule has 0 bridgehead atoms. The lowest BCUT2D eigenvalue weighted by atomic mass is 10.2. The molecule has 0 atom stereocenters. The molecule has 1 amide bonds. The number of hydrogen-bond acceptors (Lipinski definition) is 3. The highest BCUT2D eigenvalue weighted by molar-refractivity contribution is 9.10. The average molecular weight is 309 g/mol. The Bertz CT molecular complexity index is 537. The smallest absolute Gasteiger partial charge is 0.267 e. The quantitative estimate of drug-likeness (QED) is 0.686. The molecule has 3 nitrogen and oxygen atoms in total. The van der Waals surface area contributed by atoms with Crippen molar-refractivity contribution in [2.75, 3.05) is 0 Å². The standard InChI is InChI=1S/C12H9BrN2OS/c13-11-3-1-2-10(6-11)12(16)15-14-7-9-4-5-17-8-9/h1-8H,(H,15,16)/b14-7+. The van der Waals surface area contributed by atoms with Gasteiger partial charge in [0.05, 0.1) is 6.21 Å². The van der Waals surface area contributed by atoms with Gasteiger partial charge >= 0.3 is 0 Å². The van der Waals surface area contributed by atoms with Gasteiger partial charge in [-0.1, -0.05) is 22.0 Å². The molecule has 1 aromatic heterocycles. The Kier molecular flexibility index (Phi) is 4.06. The summed E-state index contributed by atoms with van der Waals surface area (Å²) in [5.41, 5.74) is 4.03. The van der Waals surface area contributed by atoms with Crippen LogP contribution < -0.4 is 5.43 Å². The van der Waals surface area contributed by atoms with E-state index in [1.807, 2.05) is 29.0 Å². The van der Waals surface area contributed by atoms with Gasteiger partial charge in [-0.25, -0.2) is 5.43 Å². The predicted octanol–water partition coefficient (Wildman–Crippen LogP) is 3.27. The molecule has 0 saturated carbocycles. The van der Waals surface area contributed by atoms with E-state index >= 15 is 0 Å². The van der Waals surface area contributed by atoms with Gasteiger partial charge in [0.2, 0.25) is 0 Å². The van der Waals surface area contributed by atoms with Crippen LogP contribution in [0.2, 0.25) is 0 Å². The second-order valence-electron chi connectivity index (χ2n) is 3.27. The van der Waals surface area contributed by atoms with Crippen molar-refractivity contribution in [3.8, 4) is 0 Å². The van der Waals surface area contributed by atoms with Crippen molar-refractivity contribution in [2.24, 2.45) is 5.10 Å². The first kappa shape index (κ1) is 12.0.